The topological polar surface area (TPSA) is 94.0 Å². The van der Waals surface area contributed by atoms with Gasteiger partial charge in [0.05, 0.1) is 12.2 Å². The van der Waals surface area contributed by atoms with E-state index in [2.05, 4.69) is 10.3 Å². The molecule has 0 unspecified atom stereocenters. The van der Waals surface area contributed by atoms with Crippen LogP contribution in [0.1, 0.15) is 21.7 Å². The van der Waals surface area contributed by atoms with E-state index >= 15 is 0 Å². The lowest BCUT2D eigenvalue weighted by Crippen LogP contribution is -2.13. The average Bonchev–Trinajstić information content (AvgIpc) is 2.75. The molecule has 0 aliphatic rings. The van der Waals surface area contributed by atoms with Crippen molar-refractivity contribution < 1.29 is 9.90 Å². The van der Waals surface area contributed by atoms with Gasteiger partial charge in [-0.1, -0.05) is 34.5 Å². The number of rotatable bonds is 4. The van der Waals surface area contributed by atoms with Gasteiger partial charge >= 0.3 is 5.97 Å². The van der Waals surface area contributed by atoms with E-state index in [-0.39, 0.29) is 18.8 Å². The lowest BCUT2D eigenvalue weighted by molar-refractivity contribution is 0.0689. The van der Waals surface area contributed by atoms with Crippen molar-refractivity contribution in [3.63, 3.8) is 0 Å². The van der Waals surface area contributed by atoms with Gasteiger partial charge in [0.15, 0.2) is 5.69 Å². The van der Waals surface area contributed by atoms with Crippen LogP contribution >= 0.6 is 23.2 Å². The van der Waals surface area contributed by atoms with E-state index in [0.29, 0.717) is 15.7 Å². The predicted octanol–water partition coefficient (Wildman–Crippen LogP) is 1.79. The number of hydrogen-bond donors (Lipinski definition) is 2. The standard InChI is InChI=1S/C11H10Cl2N4O2/c12-7-2-1-6(8(13)3-7)5-17-9(4-14)10(11(18)19)15-16-17/h1-3H,4-5,14H2,(H,18,19). The van der Waals surface area contributed by atoms with Crippen molar-refractivity contribution in [1.82, 2.24) is 15.0 Å². The Labute approximate surface area is 118 Å². The first-order chi connectivity index (χ1) is 9.02. The Hall–Kier alpha value is -1.63. The summed E-state index contributed by atoms with van der Waals surface area (Å²) in [6.45, 7) is 0.308. The molecule has 2 rings (SSSR count). The van der Waals surface area contributed by atoms with Crippen molar-refractivity contribution in [2.45, 2.75) is 13.1 Å². The zero-order chi connectivity index (χ0) is 14.0. The van der Waals surface area contributed by atoms with E-state index in [1.807, 2.05) is 0 Å². The molecule has 1 aromatic heterocycles. The molecule has 1 aromatic carbocycles. The van der Waals surface area contributed by atoms with Gasteiger partial charge in [0.2, 0.25) is 0 Å². The minimum Gasteiger partial charge on any atom is -0.476 e. The van der Waals surface area contributed by atoms with Gasteiger partial charge in [0.1, 0.15) is 0 Å². The van der Waals surface area contributed by atoms with Crippen LogP contribution in [0.3, 0.4) is 0 Å². The Morgan fingerprint density at radius 1 is 1.42 bits per heavy atom. The highest BCUT2D eigenvalue weighted by Gasteiger charge is 2.18. The monoisotopic (exact) mass is 300 g/mol. The molecule has 19 heavy (non-hydrogen) atoms. The smallest absolute Gasteiger partial charge is 0.358 e. The Balaban J connectivity index is 2.35. The van der Waals surface area contributed by atoms with Crippen LogP contribution in [0.4, 0.5) is 0 Å². The lowest BCUT2D eigenvalue weighted by Gasteiger charge is -2.07. The lowest BCUT2D eigenvalue weighted by atomic mass is 10.2. The molecule has 3 N–H and O–H groups in total. The van der Waals surface area contributed by atoms with Gasteiger partial charge in [0, 0.05) is 16.6 Å². The summed E-state index contributed by atoms with van der Waals surface area (Å²) in [6, 6.07) is 5.04. The summed E-state index contributed by atoms with van der Waals surface area (Å²) >= 11 is 11.9. The molecule has 0 saturated heterocycles. The Bertz CT molecular complexity index is 627. The average molecular weight is 301 g/mol. The minimum atomic E-state index is -1.16. The van der Waals surface area contributed by atoms with Crippen molar-refractivity contribution in [2.75, 3.05) is 0 Å². The number of carbonyl (C=O) groups is 1. The van der Waals surface area contributed by atoms with Gasteiger partial charge in [-0.3, -0.25) is 0 Å². The largest absolute Gasteiger partial charge is 0.476 e. The second kappa shape index (κ2) is 5.56. The first kappa shape index (κ1) is 13.8. The van der Waals surface area contributed by atoms with Crippen molar-refractivity contribution in [3.8, 4) is 0 Å². The van der Waals surface area contributed by atoms with Crippen LogP contribution in [0.25, 0.3) is 0 Å². The number of carboxylic acid groups (broad SMARTS) is 1. The Morgan fingerprint density at radius 3 is 2.74 bits per heavy atom. The van der Waals surface area contributed by atoms with Crippen LogP contribution in [0.2, 0.25) is 10.0 Å². The van der Waals surface area contributed by atoms with Gasteiger partial charge in [-0.05, 0) is 17.7 Å². The summed E-state index contributed by atoms with van der Waals surface area (Å²) < 4.78 is 1.42. The quantitative estimate of drug-likeness (QED) is 0.898. The van der Waals surface area contributed by atoms with E-state index in [0.717, 1.165) is 5.56 Å². The van der Waals surface area contributed by atoms with E-state index in [1.54, 1.807) is 18.2 Å². The summed E-state index contributed by atoms with van der Waals surface area (Å²) in [5, 5.41) is 17.3. The Morgan fingerprint density at radius 2 is 2.16 bits per heavy atom. The fourth-order valence-electron chi connectivity index (χ4n) is 1.64. The first-order valence-corrected chi connectivity index (χ1v) is 6.08. The van der Waals surface area contributed by atoms with Crippen LogP contribution in [0.15, 0.2) is 18.2 Å². The third-order valence-corrected chi connectivity index (χ3v) is 3.16. The summed E-state index contributed by atoms with van der Waals surface area (Å²) in [7, 11) is 0. The molecule has 8 heteroatoms. The maximum absolute atomic E-state index is 10.9. The number of benzene rings is 1. The van der Waals surface area contributed by atoms with Gasteiger partial charge in [-0.25, -0.2) is 9.48 Å². The fraction of sp³-hybridized carbons (Fsp3) is 0.182. The van der Waals surface area contributed by atoms with Crippen molar-refractivity contribution in [1.29, 1.82) is 0 Å². The van der Waals surface area contributed by atoms with E-state index in [4.69, 9.17) is 34.0 Å². The molecule has 2 aromatic rings. The van der Waals surface area contributed by atoms with Gasteiger partial charge < -0.3 is 10.8 Å². The maximum atomic E-state index is 10.9. The molecule has 100 valence electrons. The number of hydrogen-bond acceptors (Lipinski definition) is 4. The third kappa shape index (κ3) is 2.86. The molecule has 0 aliphatic carbocycles. The van der Waals surface area contributed by atoms with Crippen LogP contribution in [0.5, 0.6) is 0 Å². The molecule has 0 fully saturated rings. The molecule has 0 spiro atoms. The highest BCUT2D eigenvalue weighted by Crippen LogP contribution is 2.22. The summed E-state index contributed by atoms with van der Waals surface area (Å²) in [5.41, 5.74) is 6.48. The van der Waals surface area contributed by atoms with Crippen LogP contribution in [-0.4, -0.2) is 26.1 Å². The molecule has 0 bridgehead atoms. The normalized spacial score (nSPS) is 10.7. The molecule has 1 heterocycles. The van der Waals surface area contributed by atoms with Crippen molar-refractivity contribution in [3.05, 3.63) is 45.2 Å². The molecular weight excluding hydrogens is 291 g/mol. The van der Waals surface area contributed by atoms with Gasteiger partial charge in [-0.15, -0.1) is 5.10 Å². The molecule has 0 atom stereocenters. The molecule has 0 aliphatic heterocycles. The number of nitrogens with two attached hydrogens (primary N) is 1. The molecule has 6 nitrogen and oxygen atoms in total. The van der Waals surface area contributed by atoms with E-state index < -0.39 is 5.97 Å². The van der Waals surface area contributed by atoms with Crippen molar-refractivity contribution >= 4 is 29.2 Å². The van der Waals surface area contributed by atoms with E-state index in [1.165, 1.54) is 4.68 Å². The van der Waals surface area contributed by atoms with Crippen LogP contribution in [0, 0.1) is 0 Å². The van der Waals surface area contributed by atoms with Gasteiger partial charge in [0.25, 0.3) is 0 Å². The summed E-state index contributed by atoms with van der Waals surface area (Å²) in [6.07, 6.45) is 0. The number of halogens is 2. The molecule has 0 amide bonds. The summed E-state index contributed by atoms with van der Waals surface area (Å²) in [4.78, 5) is 10.9. The van der Waals surface area contributed by atoms with Crippen LogP contribution < -0.4 is 5.73 Å². The highest BCUT2D eigenvalue weighted by atomic mass is 35.5. The molecule has 0 radical (unpaired) electrons. The zero-order valence-corrected chi connectivity index (χ0v) is 11.2. The highest BCUT2D eigenvalue weighted by molar-refractivity contribution is 6.35. The minimum absolute atomic E-state index is 0.0276. The molecular formula is C11H10Cl2N4O2. The number of nitrogens with zero attached hydrogens (tertiary/aromatic N) is 3. The molecule has 0 saturated carbocycles. The fourth-order valence-corrected chi connectivity index (χ4v) is 2.11. The SMILES string of the molecule is NCc1c(C(=O)O)nnn1Cc1ccc(Cl)cc1Cl. The number of aromatic nitrogens is 3. The Kier molecular flexibility index (Phi) is 4.04. The van der Waals surface area contributed by atoms with Gasteiger partial charge in [-0.2, -0.15) is 0 Å². The van der Waals surface area contributed by atoms with E-state index in [9.17, 15) is 4.79 Å². The second-order valence-corrected chi connectivity index (χ2v) is 4.63. The van der Waals surface area contributed by atoms with Crippen molar-refractivity contribution in [2.24, 2.45) is 5.73 Å². The maximum Gasteiger partial charge on any atom is 0.358 e. The summed E-state index contributed by atoms with van der Waals surface area (Å²) in [5.74, 6) is -1.16. The predicted molar refractivity (Wildman–Crippen MR) is 70.4 cm³/mol. The second-order valence-electron chi connectivity index (χ2n) is 3.79. The van der Waals surface area contributed by atoms with Crippen LogP contribution in [-0.2, 0) is 13.1 Å². The first-order valence-electron chi connectivity index (χ1n) is 5.32. The number of aromatic carboxylic acids is 1. The zero-order valence-electron chi connectivity index (χ0n) is 9.68. The number of carboxylic acids is 1. The third-order valence-electron chi connectivity index (χ3n) is 2.57.